The summed E-state index contributed by atoms with van der Waals surface area (Å²) in [6, 6.07) is 4.55. The van der Waals surface area contributed by atoms with Gasteiger partial charge in [0.1, 0.15) is 11.3 Å². The largest absolute Gasteiger partial charge is 0.310 e. The van der Waals surface area contributed by atoms with Gasteiger partial charge >= 0.3 is 0 Å². The third-order valence-electron chi connectivity index (χ3n) is 4.19. The molecular formula is C15H20ClN3. The minimum Gasteiger partial charge on any atom is -0.310 e. The molecule has 2 aromatic heterocycles. The molecule has 19 heavy (non-hydrogen) atoms. The normalized spacial score (nSPS) is 23.9. The number of imidazole rings is 1. The Morgan fingerprint density at radius 2 is 2.11 bits per heavy atom. The Balaban J connectivity index is 2.02. The summed E-state index contributed by atoms with van der Waals surface area (Å²) < 4.78 is 2.35. The van der Waals surface area contributed by atoms with Gasteiger partial charge < -0.3 is 4.57 Å². The van der Waals surface area contributed by atoms with Gasteiger partial charge in [0.05, 0.1) is 0 Å². The summed E-state index contributed by atoms with van der Waals surface area (Å²) in [5, 5.41) is 0. The molecule has 0 radical (unpaired) electrons. The maximum Gasteiger partial charge on any atom is 0.160 e. The van der Waals surface area contributed by atoms with Crippen molar-refractivity contribution >= 4 is 22.8 Å². The van der Waals surface area contributed by atoms with Crippen molar-refractivity contribution in [3.05, 3.63) is 24.2 Å². The van der Waals surface area contributed by atoms with Crippen LogP contribution in [0.25, 0.3) is 11.2 Å². The van der Waals surface area contributed by atoms with Crippen molar-refractivity contribution in [3.8, 4) is 0 Å². The first kappa shape index (κ1) is 12.9. The molecule has 2 heterocycles. The Kier molecular flexibility index (Phi) is 3.74. The first-order chi connectivity index (χ1) is 9.29. The zero-order valence-corrected chi connectivity index (χ0v) is 12.1. The molecule has 0 spiro atoms. The van der Waals surface area contributed by atoms with Crippen molar-refractivity contribution < 1.29 is 0 Å². The average molecular weight is 278 g/mol. The number of fused-ring (bicyclic) bond motifs is 1. The molecule has 102 valence electrons. The third-order valence-corrected chi connectivity index (χ3v) is 4.38. The monoisotopic (exact) mass is 277 g/mol. The summed E-state index contributed by atoms with van der Waals surface area (Å²) in [5.41, 5.74) is 2.03. The van der Waals surface area contributed by atoms with Crippen LogP contribution in [0.2, 0.25) is 0 Å². The molecule has 1 aliphatic rings. The standard InChI is InChI=1S/C15H20ClN3/c1-11-4-6-12(7-5-11)19-14(8-9-16)18-13-3-2-10-17-15(13)19/h2-3,10-12H,4-9H2,1H3. The van der Waals surface area contributed by atoms with E-state index in [9.17, 15) is 0 Å². The Labute approximate surface area is 119 Å². The number of hydrogen-bond donors (Lipinski definition) is 0. The summed E-state index contributed by atoms with van der Waals surface area (Å²) in [6.07, 6.45) is 7.76. The highest BCUT2D eigenvalue weighted by Gasteiger charge is 2.24. The SMILES string of the molecule is CC1CCC(n2c(CCCl)nc3cccnc32)CC1. The van der Waals surface area contributed by atoms with Gasteiger partial charge in [-0.2, -0.15) is 0 Å². The van der Waals surface area contributed by atoms with Gasteiger partial charge in [0.2, 0.25) is 0 Å². The molecular weight excluding hydrogens is 258 g/mol. The molecule has 0 aromatic carbocycles. The van der Waals surface area contributed by atoms with E-state index in [1.165, 1.54) is 25.7 Å². The number of hydrogen-bond acceptors (Lipinski definition) is 2. The maximum atomic E-state index is 5.92. The van der Waals surface area contributed by atoms with Gasteiger partial charge in [-0.1, -0.05) is 6.92 Å². The zero-order chi connectivity index (χ0) is 13.2. The van der Waals surface area contributed by atoms with Crippen LogP contribution in [-0.2, 0) is 6.42 Å². The van der Waals surface area contributed by atoms with Crippen molar-refractivity contribution in [1.82, 2.24) is 14.5 Å². The van der Waals surface area contributed by atoms with Crippen LogP contribution in [0, 0.1) is 5.92 Å². The molecule has 3 rings (SSSR count). The Morgan fingerprint density at radius 1 is 1.32 bits per heavy atom. The van der Waals surface area contributed by atoms with Crippen molar-refractivity contribution in [1.29, 1.82) is 0 Å². The molecule has 0 bridgehead atoms. The van der Waals surface area contributed by atoms with E-state index in [-0.39, 0.29) is 0 Å². The molecule has 0 amide bonds. The quantitative estimate of drug-likeness (QED) is 0.795. The van der Waals surface area contributed by atoms with Gasteiger partial charge in [0, 0.05) is 24.5 Å². The lowest BCUT2D eigenvalue weighted by molar-refractivity contribution is 0.289. The number of halogens is 1. The van der Waals surface area contributed by atoms with E-state index in [0.717, 1.165) is 29.3 Å². The highest BCUT2D eigenvalue weighted by atomic mass is 35.5. The van der Waals surface area contributed by atoms with E-state index in [1.54, 1.807) is 0 Å². The predicted octanol–water partition coefficient (Wildman–Crippen LogP) is 3.96. The molecule has 0 saturated heterocycles. The van der Waals surface area contributed by atoms with Gasteiger partial charge in [-0.25, -0.2) is 9.97 Å². The first-order valence-electron chi connectivity index (χ1n) is 7.17. The predicted molar refractivity (Wildman–Crippen MR) is 78.6 cm³/mol. The second-order valence-corrected chi connectivity index (χ2v) is 5.97. The number of aryl methyl sites for hydroxylation is 1. The zero-order valence-electron chi connectivity index (χ0n) is 11.3. The number of rotatable bonds is 3. The summed E-state index contributed by atoms with van der Waals surface area (Å²) in [5.74, 6) is 2.57. The van der Waals surface area contributed by atoms with E-state index in [0.29, 0.717) is 11.9 Å². The van der Waals surface area contributed by atoms with Gasteiger partial charge in [0.15, 0.2) is 5.65 Å². The second-order valence-electron chi connectivity index (χ2n) is 5.60. The maximum absolute atomic E-state index is 5.92. The minimum atomic E-state index is 0.550. The van der Waals surface area contributed by atoms with Crippen LogP contribution in [0.1, 0.15) is 44.5 Å². The number of nitrogens with zero attached hydrogens (tertiary/aromatic N) is 3. The topological polar surface area (TPSA) is 30.7 Å². The number of aromatic nitrogens is 3. The molecule has 1 aliphatic carbocycles. The van der Waals surface area contributed by atoms with Crippen LogP contribution < -0.4 is 0 Å². The number of alkyl halides is 1. The molecule has 0 unspecified atom stereocenters. The fraction of sp³-hybridized carbons (Fsp3) is 0.600. The number of pyridine rings is 1. The smallest absolute Gasteiger partial charge is 0.160 e. The van der Waals surface area contributed by atoms with Crippen LogP contribution in [0.4, 0.5) is 0 Å². The molecule has 0 N–H and O–H groups in total. The van der Waals surface area contributed by atoms with E-state index in [1.807, 2.05) is 18.3 Å². The molecule has 1 saturated carbocycles. The van der Waals surface area contributed by atoms with Crippen LogP contribution in [0.15, 0.2) is 18.3 Å². The highest BCUT2D eigenvalue weighted by molar-refractivity contribution is 6.17. The fourth-order valence-electron chi connectivity index (χ4n) is 3.12. The lowest BCUT2D eigenvalue weighted by Gasteiger charge is -2.28. The Bertz CT molecular complexity index is 556. The summed E-state index contributed by atoms with van der Waals surface area (Å²) in [6.45, 7) is 2.35. The Morgan fingerprint density at radius 3 is 2.84 bits per heavy atom. The molecule has 4 heteroatoms. The van der Waals surface area contributed by atoms with Gasteiger partial charge in [-0.3, -0.25) is 0 Å². The van der Waals surface area contributed by atoms with Crippen LogP contribution in [-0.4, -0.2) is 20.4 Å². The first-order valence-corrected chi connectivity index (χ1v) is 7.71. The molecule has 0 aliphatic heterocycles. The lowest BCUT2D eigenvalue weighted by atomic mass is 9.87. The molecule has 0 atom stereocenters. The molecule has 2 aromatic rings. The van der Waals surface area contributed by atoms with Crippen molar-refractivity contribution in [2.24, 2.45) is 5.92 Å². The highest BCUT2D eigenvalue weighted by Crippen LogP contribution is 2.34. The van der Waals surface area contributed by atoms with Crippen molar-refractivity contribution in [3.63, 3.8) is 0 Å². The van der Waals surface area contributed by atoms with Gasteiger partial charge in [0.25, 0.3) is 0 Å². The van der Waals surface area contributed by atoms with Gasteiger partial charge in [-0.15, -0.1) is 11.6 Å². The van der Waals surface area contributed by atoms with Gasteiger partial charge in [-0.05, 0) is 43.7 Å². The van der Waals surface area contributed by atoms with E-state index >= 15 is 0 Å². The van der Waals surface area contributed by atoms with E-state index in [2.05, 4.69) is 16.5 Å². The second kappa shape index (κ2) is 5.49. The Hall–Kier alpha value is -1.09. The molecule has 1 fully saturated rings. The van der Waals surface area contributed by atoms with Crippen molar-refractivity contribution in [2.75, 3.05) is 5.88 Å². The molecule has 3 nitrogen and oxygen atoms in total. The van der Waals surface area contributed by atoms with E-state index in [4.69, 9.17) is 16.6 Å². The lowest BCUT2D eigenvalue weighted by Crippen LogP contribution is -2.19. The summed E-state index contributed by atoms with van der Waals surface area (Å²) >= 11 is 5.92. The summed E-state index contributed by atoms with van der Waals surface area (Å²) in [4.78, 5) is 9.25. The fourth-order valence-corrected chi connectivity index (χ4v) is 3.29. The third kappa shape index (κ3) is 2.48. The van der Waals surface area contributed by atoms with Crippen LogP contribution >= 0.6 is 11.6 Å². The summed E-state index contributed by atoms with van der Waals surface area (Å²) in [7, 11) is 0. The average Bonchev–Trinajstić information content (AvgIpc) is 2.78. The van der Waals surface area contributed by atoms with Crippen LogP contribution in [0.5, 0.6) is 0 Å². The van der Waals surface area contributed by atoms with E-state index < -0.39 is 0 Å². The van der Waals surface area contributed by atoms with Crippen molar-refractivity contribution in [2.45, 2.75) is 45.1 Å². The van der Waals surface area contributed by atoms with Crippen LogP contribution in [0.3, 0.4) is 0 Å². The minimum absolute atomic E-state index is 0.550.